The quantitative estimate of drug-likeness (QED) is 0.449. The summed E-state index contributed by atoms with van der Waals surface area (Å²) in [6, 6.07) is 3.06. The molecule has 2 aromatic heterocycles. The summed E-state index contributed by atoms with van der Waals surface area (Å²) in [6.07, 6.45) is 1.84. The molecular formula is C16H16ClN7O4. The number of amides is 1. The number of nitro groups is 1. The normalized spacial score (nSPS) is 12.1. The monoisotopic (exact) mass is 405 g/mol. The molecule has 0 fully saturated rings. The van der Waals surface area contributed by atoms with Crippen LogP contribution in [0.25, 0.3) is 11.6 Å². The van der Waals surface area contributed by atoms with Crippen molar-refractivity contribution >= 4 is 23.2 Å². The maximum absolute atomic E-state index is 12.7. The van der Waals surface area contributed by atoms with Gasteiger partial charge < -0.3 is 9.84 Å². The van der Waals surface area contributed by atoms with Crippen molar-refractivity contribution in [2.45, 2.75) is 26.3 Å². The van der Waals surface area contributed by atoms with Crippen LogP contribution in [-0.4, -0.2) is 36.2 Å². The summed E-state index contributed by atoms with van der Waals surface area (Å²) in [5.74, 6) is 0.446. The summed E-state index contributed by atoms with van der Waals surface area (Å²) in [4.78, 5) is 31.1. The van der Waals surface area contributed by atoms with Crippen LogP contribution in [0.15, 0.2) is 29.0 Å². The van der Waals surface area contributed by atoms with Crippen molar-refractivity contribution in [1.29, 1.82) is 0 Å². The van der Waals surface area contributed by atoms with Crippen LogP contribution in [0.1, 0.15) is 42.6 Å². The highest BCUT2D eigenvalue weighted by atomic mass is 35.5. The number of hydrogen-bond donors (Lipinski definition) is 2. The number of carbonyl (C=O) groups excluding carboxylic acids is 1. The minimum atomic E-state index is -0.585. The smallest absolute Gasteiger partial charge is 0.270 e. The number of H-pyrrole nitrogens is 1. The number of nitro benzene ring substituents is 1. The van der Waals surface area contributed by atoms with Crippen molar-refractivity contribution in [3.8, 4) is 11.6 Å². The third kappa shape index (κ3) is 4.31. The first-order valence-electron chi connectivity index (χ1n) is 8.29. The average Bonchev–Trinajstić information content (AvgIpc) is 3.31. The van der Waals surface area contributed by atoms with E-state index in [4.69, 9.17) is 16.1 Å². The first-order valence-corrected chi connectivity index (χ1v) is 8.67. The Kier molecular flexibility index (Phi) is 5.64. The molecule has 11 nitrogen and oxygen atoms in total. The van der Waals surface area contributed by atoms with Gasteiger partial charge in [0, 0.05) is 12.1 Å². The van der Waals surface area contributed by atoms with Gasteiger partial charge in [0.2, 0.25) is 11.7 Å². The molecule has 0 saturated heterocycles. The van der Waals surface area contributed by atoms with Gasteiger partial charge in [-0.15, -0.1) is 0 Å². The van der Waals surface area contributed by atoms with Gasteiger partial charge in [0.05, 0.1) is 15.5 Å². The van der Waals surface area contributed by atoms with E-state index < -0.39 is 16.9 Å². The van der Waals surface area contributed by atoms with Crippen molar-refractivity contribution in [2.75, 3.05) is 0 Å². The molecule has 1 amide bonds. The zero-order valence-electron chi connectivity index (χ0n) is 14.9. The second-order valence-corrected chi connectivity index (χ2v) is 6.77. The van der Waals surface area contributed by atoms with E-state index >= 15 is 0 Å². The lowest BCUT2D eigenvalue weighted by Gasteiger charge is -2.17. The molecule has 0 aliphatic carbocycles. The summed E-state index contributed by atoms with van der Waals surface area (Å²) in [6.45, 7) is 3.96. The number of halogens is 1. The van der Waals surface area contributed by atoms with Gasteiger partial charge in [-0.05, 0) is 18.4 Å². The van der Waals surface area contributed by atoms with Crippen molar-refractivity contribution in [2.24, 2.45) is 5.92 Å². The average molecular weight is 406 g/mol. The highest BCUT2D eigenvalue weighted by Crippen LogP contribution is 2.25. The van der Waals surface area contributed by atoms with Gasteiger partial charge in [0.25, 0.3) is 11.6 Å². The van der Waals surface area contributed by atoms with Crippen molar-refractivity contribution < 1.29 is 14.2 Å². The Hall–Kier alpha value is -3.34. The first kappa shape index (κ1) is 19.4. The fourth-order valence-electron chi connectivity index (χ4n) is 2.52. The van der Waals surface area contributed by atoms with Crippen LogP contribution in [0.5, 0.6) is 0 Å². The van der Waals surface area contributed by atoms with Crippen molar-refractivity contribution in [1.82, 2.24) is 30.6 Å². The third-order valence-corrected chi connectivity index (χ3v) is 4.10. The van der Waals surface area contributed by atoms with Gasteiger partial charge in [0.15, 0.2) is 5.82 Å². The lowest BCUT2D eigenvalue weighted by atomic mass is 10.0. The van der Waals surface area contributed by atoms with Gasteiger partial charge >= 0.3 is 0 Å². The lowest BCUT2D eigenvalue weighted by Crippen LogP contribution is -2.30. The van der Waals surface area contributed by atoms with E-state index in [1.807, 2.05) is 13.8 Å². The molecule has 3 aromatic rings. The van der Waals surface area contributed by atoms with Gasteiger partial charge in [-0.1, -0.05) is 30.6 Å². The van der Waals surface area contributed by atoms with E-state index in [0.717, 1.165) is 6.07 Å². The third-order valence-electron chi connectivity index (χ3n) is 3.79. The van der Waals surface area contributed by atoms with Crippen LogP contribution in [0.3, 0.4) is 0 Å². The molecule has 12 heteroatoms. The summed E-state index contributed by atoms with van der Waals surface area (Å²) < 4.78 is 5.28. The maximum atomic E-state index is 12.7. The zero-order chi connectivity index (χ0) is 20.3. The second-order valence-electron chi connectivity index (χ2n) is 6.37. The summed E-state index contributed by atoms with van der Waals surface area (Å²) in [7, 11) is 0. The number of nitrogens with one attached hydrogen (secondary N) is 2. The van der Waals surface area contributed by atoms with Crippen LogP contribution in [-0.2, 0) is 0 Å². The fraction of sp³-hybridized carbons (Fsp3) is 0.312. The van der Waals surface area contributed by atoms with E-state index in [0.29, 0.717) is 12.2 Å². The Morgan fingerprint density at radius 1 is 1.43 bits per heavy atom. The number of non-ortho nitro benzene ring substituents is 1. The molecule has 1 aromatic carbocycles. The second kappa shape index (κ2) is 8.13. The molecular weight excluding hydrogens is 390 g/mol. The predicted molar refractivity (Wildman–Crippen MR) is 97.4 cm³/mol. The molecule has 0 radical (unpaired) electrons. The van der Waals surface area contributed by atoms with Gasteiger partial charge in [-0.2, -0.15) is 10.1 Å². The lowest BCUT2D eigenvalue weighted by molar-refractivity contribution is -0.384. The van der Waals surface area contributed by atoms with Crippen LogP contribution in [0.4, 0.5) is 5.69 Å². The van der Waals surface area contributed by atoms with E-state index in [1.54, 1.807) is 0 Å². The largest absolute Gasteiger partial charge is 0.340 e. The van der Waals surface area contributed by atoms with Crippen molar-refractivity contribution in [3.05, 3.63) is 51.1 Å². The number of rotatable bonds is 7. The molecule has 0 aliphatic heterocycles. The standard InChI is InChI=1S/C16H16ClN7O4/c1-8(2)5-12(16-21-14(23-28-16)13-18-7-19-22-13)20-15(25)10-4-3-9(24(26)27)6-11(10)17/h3-4,6-8,12H,5H2,1-2H3,(H,20,25)(H,18,19,22)/t12-/m0/s1. The Bertz CT molecular complexity index is 987. The Morgan fingerprint density at radius 2 is 2.21 bits per heavy atom. The number of aromatic nitrogens is 5. The SMILES string of the molecule is CC(C)C[C@H](NC(=O)c1ccc([N+](=O)[O-])cc1Cl)c1nc(-c2ncn[nH]2)no1. The number of nitrogens with zero attached hydrogens (tertiary/aromatic N) is 5. The summed E-state index contributed by atoms with van der Waals surface area (Å²) >= 11 is 6.04. The minimum absolute atomic E-state index is 0.0251. The van der Waals surface area contributed by atoms with Crippen LogP contribution < -0.4 is 5.32 Å². The number of carbonyl (C=O) groups is 1. The van der Waals surface area contributed by atoms with E-state index in [1.165, 1.54) is 18.5 Å². The molecule has 0 spiro atoms. The van der Waals surface area contributed by atoms with E-state index in [-0.39, 0.29) is 33.9 Å². The maximum Gasteiger partial charge on any atom is 0.270 e. The van der Waals surface area contributed by atoms with E-state index in [2.05, 4.69) is 30.6 Å². The Morgan fingerprint density at radius 3 is 2.82 bits per heavy atom. The molecule has 0 unspecified atom stereocenters. The van der Waals surface area contributed by atoms with Crippen molar-refractivity contribution in [3.63, 3.8) is 0 Å². The van der Waals surface area contributed by atoms with Crippen LogP contribution in [0, 0.1) is 16.0 Å². The Labute approximate surface area is 163 Å². The highest BCUT2D eigenvalue weighted by Gasteiger charge is 2.25. The Balaban J connectivity index is 1.83. The van der Waals surface area contributed by atoms with E-state index in [9.17, 15) is 14.9 Å². The molecule has 1 atom stereocenters. The topological polar surface area (TPSA) is 153 Å². The van der Waals surface area contributed by atoms with Gasteiger partial charge in [0.1, 0.15) is 12.4 Å². The van der Waals surface area contributed by atoms with Gasteiger partial charge in [-0.25, -0.2) is 4.98 Å². The predicted octanol–water partition coefficient (Wildman–Crippen LogP) is 2.93. The highest BCUT2D eigenvalue weighted by molar-refractivity contribution is 6.34. The number of benzene rings is 1. The molecule has 0 aliphatic rings. The molecule has 3 rings (SSSR count). The molecule has 28 heavy (non-hydrogen) atoms. The van der Waals surface area contributed by atoms with Crippen LogP contribution >= 0.6 is 11.6 Å². The molecule has 2 heterocycles. The number of aromatic amines is 1. The fourth-order valence-corrected chi connectivity index (χ4v) is 2.78. The summed E-state index contributed by atoms with van der Waals surface area (Å²) in [5, 5.41) is 23.8. The molecule has 0 bridgehead atoms. The van der Waals surface area contributed by atoms with Gasteiger partial charge in [-0.3, -0.25) is 20.0 Å². The molecule has 0 saturated carbocycles. The number of hydrogen-bond acceptors (Lipinski definition) is 8. The zero-order valence-corrected chi connectivity index (χ0v) is 15.7. The first-order chi connectivity index (χ1) is 13.3. The minimum Gasteiger partial charge on any atom is -0.340 e. The molecule has 2 N–H and O–H groups in total. The van der Waals surface area contributed by atoms with Crippen LogP contribution in [0.2, 0.25) is 5.02 Å². The molecule has 146 valence electrons. The summed E-state index contributed by atoms with van der Waals surface area (Å²) in [5.41, 5.74) is -0.0927.